The first-order valence-electron chi connectivity index (χ1n) is 6.89. The minimum atomic E-state index is -2.39. The second-order valence-corrected chi connectivity index (χ2v) is 6.26. The van der Waals surface area contributed by atoms with E-state index in [1.807, 2.05) is 0 Å². The molecule has 0 heterocycles. The van der Waals surface area contributed by atoms with Gasteiger partial charge in [-0.25, -0.2) is 8.78 Å². The quantitative estimate of drug-likeness (QED) is 0.786. The summed E-state index contributed by atoms with van der Waals surface area (Å²) in [6.45, 7) is 2.02. The molecule has 1 atom stereocenters. The van der Waals surface area contributed by atoms with Crippen molar-refractivity contribution in [2.24, 2.45) is 5.73 Å². The summed E-state index contributed by atoms with van der Waals surface area (Å²) in [5.41, 5.74) is 6.21. The number of alkyl halides is 2. The Morgan fingerprint density at radius 1 is 1.43 bits per heavy atom. The number of hydrogen-bond acceptors (Lipinski definition) is 3. The van der Waals surface area contributed by atoms with Gasteiger partial charge in [0.1, 0.15) is 0 Å². The summed E-state index contributed by atoms with van der Waals surface area (Å²) in [5.74, 6) is -0.387. The lowest BCUT2D eigenvalue weighted by Gasteiger charge is -2.18. The number of ether oxygens (including phenoxy) is 1. The lowest BCUT2D eigenvalue weighted by Crippen LogP contribution is -2.20. The van der Waals surface area contributed by atoms with Crippen LogP contribution in [0.15, 0.2) is 22.7 Å². The normalized spacial score (nSPS) is 17.6. The lowest BCUT2D eigenvalue weighted by molar-refractivity contribution is -0.143. The molecule has 3 nitrogen and oxygen atoms in total. The zero-order chi connectivity index (χ0) is 15.6. The van der Waals surface area contributed by atoms with Crippen molar-refractivity contribution in [2.75, 3.05) is 6.61 Å². The van der Waals surface area contributed by atoms with E-state index in [9.17, 15) is 13.6 Å². The summed E-state index contributed by atoms with van der Waals surface area (Å²) < 4.78 is 32.0. The van der Waals surface area contributed by atoms with Gasteiger partial charge in [0.15, 0.2) is 0 Å². The van der Waals surface area contributed by atoms with E-state index in [2.05, 4.69) is 15.9 Å². The first-order valence-corrected chi connectivity index (χ1v) is 7.68. The second kappa shape index (κ2) is 6.40. The minimum Gasteiger partial charge on any atom is -0.466 e. The van der Waals surface area contributed by atoms with Gasteiger partial charge in [-0.05, 0) is 43.0 Å². The summed E-state index contributed by atoms with van der Waals surface area (Å²) in [6.07, 6.45) is -1.40. The van der Waals surface area contributed by atoms with Gasteiger partial charge in [-0.15, -0.1) is 0 Å². The molecular formula is C15H18BrF2NO2. The molecule has 2 N–H and O–H groups in total. The molecule has 1 aliphatic carbocycles. The number of carbonyl (C=O) groups excluding carboxylic acids is 1. The van der Waals surface area contributed by atoms with Crippen LogP contribution in [-0.2, 0) is 14.9 Å². The van der Waals surface area contributed by atoms with Crippen LogP contribution in [0.3, 0.4) is 0 Å². The third kappa shape index (κ3) is 3.61. The van der Waals surface area contributed by atoms with E-state index in [0.29, 0.717) is 35.0 Å². The van der Waals surface area contributed by atoms with Gasteiger partial charge in [0, 0.05) is 10.5 Å². The molecule has 1 aromatic carbocycles. The summed E-state index contributed by atoms with van der Waals surface area (Å²) in [6, 6.07) is 4.59. The first-order chi connectivity index (χ1) is 9.89. The zero-order valence-corrected chi connectivity index (χ0v) is 13.3. The molecule has 0 unspecified atom stereocenters. The lowest BCUT2D eigenvalue weighted by atomic mass is 9.92. The highest BCUT2D eigenvalue weighted by Crippen LogP contribution is 2.53. The van der Waals surface area contributed by atoms with Gasteiger partial charge >= 0.3 is 5.97 Å². The Kier molecular flexibility index (Phi) is 4.99. The van der Waals surface area contributed by atoms with Crippen molar-refractivity contribution >= 4 is 21.9 Å². The monoisotopic (exact) mass is 361 g/mol. The highest BCUT2D eigenvalue weighted by Gasteiger charge is 2.52. The molecule has 6 heteroatoms. The number of halogens is 3. The predicted molar refractivity (Wildman–Crippen MR) is 79.2 cm³/mol. The van der Waals surface area contributed by atoms with Crippen LogP contribution in [0, 0.1) is 0 Å². The van der Waals surface area contributed by atoms with E-state index in [1.165, 1.54) is 0 Å². The van der Waals surface area contributed by atoms with E-state index >= 15 is 0 Å². The average molecular weight is 362 g/mol. The minimum absolute atomic E-state index is 0.0331. The van der Waals surface area contributed by atoms with Gasteiger partial charge < -0.3 is 10.5 Å². The van der Waals surface area contributed by atoms with Crippen molar-refractivity contribution in [3.8, 4) is 0 Å². The van der Waals surface area contributed by atoms with E-state index in [1.54, 1.807) is 25.1 Å². The van der Waals surface area contributed by atoms with Crippen LogP contribution in [0.25, 0.3) is 0 Å². The smallest absolute Gasteiger partial charge is 0.307 e. The number of rotatable bonds is 6. The Balaban J connectivity index is 2.21. The SMILES string of the molecule is CCOC(=O)C[C@@H](N)c1cc(Br)cc(C2(C(F)F)CC2)c1. The Morgan fingerprint density at radius 2 is 2.10 bits per heavy atom. The van der Waals surface area contributed by atoms with Crippen LogP contribution >= 0.6 is 15.9 Å². The van der Waals surface area contributed by atoms with Crippen LogP contribution in [-0.4, -0.2) is 19.0 Å². The molecule has 0 bridgehead atoms. The van der Waals surface area contributed by atoms with Gasteiger partial charge in [0.05, 0.1) is 18.4 Å². The molecule has 1 fully saturated rings. The Labute approximate surface area is 131 Å². The van der Waals surface area contributed by atoms with Crippen LogP contribution in [0.1, 0.15) is 43.4 Å². The fourth-order valence-corrected chi connectivity index (χ4v) is 2.91. The molecule has 116 valence electrons. The Morgan fingerprint density at radius 3 is 2.62 bits per heavy atom. The predicted octanol–water partition coefficient (Wildman–Crippen LogP) is 3.70. The zero-order valence-electron chi connectivity index (χ0n) is 11.7. The van der Waals surface area contributed by atoms with E-state index in [0.717, 1.165) is 0 Å². The molecule has 1 aliphatic rings. The van der Waals surface area contributed by atoms with Crippen LogP contribution < -0.4 is 5.73 Å². The van der Waals surface area contributed by atoms with Gasteiger partial charge in [-0.3, -0.25) is 4.79 Å². The maximum Gasteiger partial charge on any atom is 0.307 e. The van der Waals surface area contributed by atoms with Gasteiger partial charge in [0.25, 0.3) is 0 Å². The molecule has 2 rings (SSSR count). The van der Waals surface area contributed by atoms with Gasteiger partial charge in [-0.2, -0.15) is 0 Å². The molecule has 0 aliphatic heterocycles. The van der Waals surface area contributed by atoms with E-state index in [4.69, 9.17) is 10.5 Å². The maximum absolute atomic E-state index is 13.2. The van der Waals surface area contributed by atoms with E-state index < -0.39 is 17.9 Å². The van der Waals surface area contributed by atoms with Crippen LogP contribution in [0.2, 0.25) is 0 Å². The molecule has 0 spiro atoms. The van der Waals surface area contributed by atoms with Crippen molar-refractivity contribution in [1.29, 1.82) is 0 Å². The van der Waals surface area contributed by atoms with Crippen molar-refractivity contribution in [2.45, 2.75) is 44.1 Å². The van der Waals surface area contributed by atoms with Gasteiger partial charge in [0.2, 0.25) is 6.43 Å². The Hall–Kier alpha value is -1.01. The standard InChI is InChI=1S/C15H18BrF2NO2/c1-2-21-13(20)8-12(19)9-5-10(7-11(16)6-9)15(3-4-15)14(17)18/h5-7,12,14H,2-4,8,19H2,1H3/t12-/m1/s1. The third-order valence-electron chi connectivity index (χ3n) is 3.82. The molecule has 0 radical (unpaired) electrons. The summed E-state index contributed by atoms with van der Waals surface area (Å²) in [5, 5.41) is 0. The van der Waals surface area contributed by atoms with Gasteiger partial charge in [-0.1, -0.05) is 22.0 Å². The number of carbonyl (C=O) groups is 1. The molecule has 21 heavy (non-hydrogen) atoms. The van der Waals surface area contributed by atoms with Crippen LogP contribution in [0.5, 0.6) is 0 Å². The molecule has 1 aromatic rings. The molecular weight excluding hydrogens is 344 g/mol. The highest BCUT2D eigenvalue weighted by molar-refractivity contribution is 9.10. The topological polar surface area (TPSA) is 52.3 Å². The van der Waals surface area contributed by atoms with Crippen molar-refractivity contribution in [1.82, 2.24) is 0 Å². The third-order valence-corrected chi connectivity index (χ3v) is 4.28. The highest BCUT2D eigenvalue weighted by atomic mass is 79.9. The summed E-state index contributed by atoms with van der Waals surface area (Å²) in [7, 11) is 0. The van der Waals surface area contributed by atoms with Crippen LogP contribution in [0.4, 0.5) is 8.78 Å². The molecule has 1 saturated carbocycles. The number of nitrogens with two attached hydrogens (primary N) is 1. The summed E-state index contributed by atoms with van der Waals surface area (Å²) >= 11 is 3.33. The molecule has 0 saturated heterocycles. The molecule has 0 amide bonds. The Bertz CT molecular complexity index is 532. The second-order valence-electron chi connectivity index (χ2n) is 5.35. The largest absolute Gasteiger partial charge is 0.466 e. The average Bonchev–Trinajstić information content (AvgIpc) is 3.19. The number of esters is 1. The van der Waals surface area contributed by atoms with Crippen molar-refractivity contribution in [3.63, 3.8) is 0 Å². The summed E-state index contributed by atoms with van der Waals surface area (Å²) in [4.78, 5) is 11.5. The van der Waals surface area contributed by atoms with Crippen molar-refractivity contribution < 1.29 is 18.3 Å². The maximum atomic E-state index is 13.2. The van der Waals surface area contributed by atoms with E-state index in [-0.39, 0.29) is 12.4 Å². The number of hydrogen-bond donors (Lipinski definition) is 1. The first kappa shape index (κ1) is 16.4. The van der Waals surface area contributed by atoms with Crippen molar-refractivity contribution in [3.05, 3.63) is 33.8 Å². The fraction of sp³-hybridized carbons (Fsp3) is 0.533. The number of benzene rings is 1. The molecule has 0 aromatic heterocycles. The fourth-order valence-electron chi connectivity index (χ4n) is 2.40.